The first-order valence-corrected chi connectivity index (χ1v) is 42.6. The molecule has 4 aromatic rings. The van der Waals surface area contributed by atoms with Gasteiger partial charge in [0.1, 0.15) is 0 Å². The lowest BCUT2D eigenvalue weighted by atomic mass is 9.93. The predicted molar refractivity (Wildman–Crippen MR) is 416 cm³/mol. The van der Waals surface area contributed by atoms with Gasteiger partial charge >= 0.3 is 0 Å². The number of halogens is 2. The molecule has 4 heterocycles. The van der Waals surface area contributed by atoms with Crippen molar-refractivity contribution in [2.45, 2.75) is 363 Å². The molecule has 0 fully saturated rings. The van der Waals surface area contributed by atoms with Gasteiger partial charge in [-0.05, 0) is 142 Å². The van der Waals surface area contributed by atoms with Crippen LogP contribution in [0.5, 0.6) is 0 Å². The highest BCUT2D eigenvalue weighted by Gasteiger charge is 2.43. The molecule has 2 aromatic heterocycles. The second kappa shape index (κ2) is 47.4. The maximum absolute atomic E-state index is 16.2. The quantitative estimate of drug-likeness (QED) is 0.0326. The molecule has 0 saturated carbocycles. The summed E-state index contributed by atoms with van der Waals surface area (Å²) in [7, 11) is 0. The van der Waals surface area contributed by atoms with Crippen molar-refractivity contribution in [1.82, 2.24) is 0 Å². The van der Waals surface area contributed by atoms with Crippen molar-refractivity contribution in [3.63, 3.8) is 0 Å². The number of unbranched alkanes of at least 4 members (excludes halogenated alkanes) is 38. The van der Waals surface area contributed by atoms with Gasteiger partial charge < -0.3 is 9.80 Å². The van der Waals surface area contributed by atoms with Crippen LogP contribution in [0.15, 0.2) is 56.1 Å². The zero-order valence-electron chi connectivity index (χ0n) is 59.8. The van der Waals surface area contributed by atoms with Gasteiger partial charge in [0.25, 0.3) is 11.8 Å². The Bertz CT molecular complexity index is 2500. The van der Waals surface area contributed by atoms with Crippen molar-refractivity contribution >= 4 is 88.9 Å². The fourth-order valence-electron chi connectivity index (χ4n) is 14.9. The minimum absolute atomic E-state index is 0.0272. The van der Waals surface area contributed by atoms with Crippen LogP contribution in [0, 0.1) is 11.8 Å². The van der Waals surface area contributed by atoms with Gasteiger partial charge in [-0.3, -0.25) is 9.59 Å². The van der Waals surface area contributed by atoms with E-state index in [9.17, 15) is 0 Å². The lowest BCUT2D eigenvalue weighted by Crippen LogP contribution is -2.34. The van der Waals surface area contributed by atoms with E-state index in [0.29, 0.717) is 36.1 Å². The van der Waals surface area contributed by atoms with Crippen LogP contribution in [0.3, 0.4) is 0 Å². The van der Waals surface area contributed by atoms with Crippen LogP contribution >= 0.6 is 54.5 Å². The second-order valence-corrected chi connectivity index (χ2v) is 33.4. The molecule has 8 heteroatoms. The highest BCUT2D eigenvalue weighted by molar-refractivity contribution is 9.11. The van der Waals surface area contributed by atoms with Gasteiger partial charge in [-0.15, -0.1) is 22.7 Å². The van der Waals surface area contributed by atoms with Crippen molar-refractivity contribution in [1.29, 1.82) is 0 Å². The molecular formula is C84H132Br2N2O2S2. The third-order valence-electron chi connectivity index (χ3n) is 20.7. The molecule has 92 heavy (non-hydrogen) atoms. The number of nitrogens with zero attached hydrogens (tertiary/aromatic N) is 2. The van der Waals surface area contributed by atoms with E-state index in [0.717, 1.165) is 61.0 Å². The smallest absolute Gasteiger partial charge is 0.259 e. The summed E-state index contributed by atoms with van der Waals surface area (Å²) in [5, 5.41) is 0. The first-order valence-electron chi connectivity index (χ1n) is 39.4. The molecule has 4 nitrogen and oxygen atoms in total. The Morgan fingerprint density at radius 3 is 0.848 bits per heavy atom. The van der Waals surface area contributed by atoms with Crippen LogP contribution in [-0.4, -0.2) is 24.9 Å². The number of anilines is 2. The Morgan fingerprint density at radius 2 is 0.576 bits per heavy atom. The SMILES string of the molecule is CCCCCCCCCCc1cc(-c2ccc3c(c2)N(CC(CCCCCCCC)CCCCCCCCCC)C(=O)/C3=C2/C(=O)N(CC(CCCCCCCC)CCCCCCCCCC)c3cc(-c4cc(CCCCCCCCCC)c(Br)s4)ccc32)sc1Br. The van der Waals surface area contributed by atoms with Crippen molar-refractivity contribution in [2.75, 3.05) is 22.9 Å². The van der Waals surface area contributed by atoms with E-state index in [1.54, 1.807) is 0 Å². The van der Waals surface area contributed by atoms with Gasteiger partial charge in [-0.25, -0.2) is 0 Å². The van der Waals surface area contributed by atoms with Crippen LogP contribution in [0.2, 0.25) is 0 Å². The summed E-state index contributed by atoms with van der Waals surface area (Å²) in [6.45, 7) is 15.2. The number of rotatable bonds is 56. The zero-order valence-corrected chi connectivity index (χ0v) is 64.6. The van der Waals surface area contributed by atoms with Crippen molar-refractivity contribution in [3.05, 3.63) is 78.4 Å². The Kier molecular flexibility index (Phi) is 40.5. The number of carbonyl (C=O) groups is 2. The van der Waals surface area contributed by atoms with Crippen LogP contribution < -0.4 is 9.80 Å². The largest absolute Gasteiger partial charge is 0.307 e. The van der Waals surface area contributed by atoms with E-state index >= 15 is 9.59 Å². The molecule has 6 rings (SSSR count). The fourth-order valence-corrected chi connectivity index (χ4v) is 18.4. The highest BCUT2D eigenvalue weighted by Crippen LogP contribution is 2.51. The minimum Gasteiger partial charge on any atom is -0.307 e. The third kappa shape index (κ3) is 27.1. The average Bonchev–Trinajstić information content (AvgIpc) is 1.57. The van der Waals surface area contributed by atoms with Crippen molar-refractivity contribution in [2.24, 2.45) is 11.8 Å². The lowest BCUT2D eigenvalue weighted by Gasteiger charge is -2.25. The van der Waals surface area contributed by atoms with E-state index in [4.69, 9.17) is 0 Å². The molecule has 0 N–H and O–H groups in total. The van der Waals surface area contributed by atoms with E-state index in [1.807, 2.05) is 22.7 Å². The summed E-state index contributed by atoms with van der Waals surface area (Å²) >= 11 is 11.8. The first-order chi connectivity index (χ1) is 45.2. The average molecular weight is 1430 g/mol. The summed E-state index contributed by atoms with van der Waals surface area (Å²) in [6, 6.07) is 18.6. The fraction of sp³-hybridized carbons (Fsp3) is 0.714. The summed E-state index contributed by atoms with van der Waals surface area (Å²) in [6.07, 6.45) is 64.1. The molecular weight excluding hydrogens is 1290 g/mol. The summed E-state index contributed by atoms with van der Waals surface area (Å²) < 4.78 is 2.46. The standard InChI is InChI=1S/C84H132Br2N2O2S2/c1-7-13-19-25-31-35-41-47-53-67(51-45-39-29-23-17-11-5)65-87-75-61-69(77-63-71(81(85)91-77)55-49-43-37-33-27-21-15-9-3)57-59-73(75)79(83(87)89)80-74-60-58-70(78-64-72(82(86)92-78)56-50-44-38-34-28-22-16-10-4)62-76(74)88(84(80)90)66-68(52-46-40-30-24-18-12-6)54-48-42-36-32-26-20-14-8-2/h57-64,67-68H,7-56,65-66H2,1-6H3/b80-79+. The van der Waals surface area contributed by atoms with Gasteiger partial charge in [0.05, 0.1) is 30.1 Å². The maximum atomic E-state index is 16.2. The molecule has 2 aliphatic heterocycles. The number of amides is 2. The Labute approximate surface area is 590 Å². The number of benzene rings is 2. The molecule has 2 aliphatic rings. The molecule has 2 unspecified atom stereocenters. The Morgan fingerprint density at radius 1 is 0.326 bits per heavy atom. The van der Waals surface area contributed by atoms with Crippen LogP contribution in [0.1, 0.15) is 372 Å². The van der Waals surface area contributed by atoms with E-state index < -0.39 is 0 Å². The van der Waals surface area contributed by atoms with E-state index in [-0.39, 0.29) is 11.8 Å². The summed E-state index contributed by atoms with van der Waals surface area (Å²) in [5.41, 5.74) is 10.3. The van der Waals surface area contributed by atoms with Crippen LogP contribution in [-0.2, 0) is 22.4 Å². The summed E-state index contributed by atoms with van der Waals surface area (Å²) in [4.78, 5) is 39.3. The molecule has 0 saturated heterocycles. The molecule has 0 radical (unpaired) electrons. The second-order valence-electron chi connectivity index (χ2n) is 28.7. The van der Waals surface area contributed by atoms with Gasteiger partial charge in [0, 0.05) is 34.0 Å². The molecule has 0 spiro atoms. The molecule has 2 amide bonds. The third-order valence-corrected chi connectivity index (χ3v) is 24.7. The highest BCUT2D eigenvalue weighted by atomic mass is 79.9. The van der Waals surface area contributed by atoms with Gasteiger partial charge in [-0.2, -0.15) is 0 Å². The Balaban J connectivity index is 1.39. The topological polar surface area (TPSA) is 40.6 Å². The number of aryl methyl sites for hydroxylation is 2. The van der Waals surface area contributed by atoms with Crippen molar-refractivity contribution in [3.8, 4) is 20.9 Å². The van der Waals surface area contributed by atoms with E-state index in [1.165, 1.54) is 322 Å². The summed E-state index contributed by atoms with van der Waals surface area (Å²) in [5.74, 6) is 0.851. The van der Waals surface area contributed by atoms with E-state index in [2.05, 4.69) is 132 Å². The number of hydrogen-bond acceptors (Lipinski definition) is 4. The number of thiophene rings is 2. The molecule has 0 aliphatic carbocycles. The monoisotopic (exact) mass is 1420 g/mol. The zero-order chi connectivity index (χ0) is 65.4. The first kappa shape index (κ1) is 78.5. The minimum atomic E-state index is 0.0272. The molecule has 0 bridgehead atoms. The maximum Gasteiger partial charge on any atom is 0.259 e. The Hall–Kier alpha value is -2.52. The van der Waals surface area contributed by atoms with Crippen LogP contribution in [0.25, 0.3) is 32.0 Å². The normalized spacial score (nSPS) is 14.6. The molecule has 2 aromatic carbocycles. The van der Waals surface area contributed by atoms with Crippen molar-refractivity contribution < 1.29 is 9.59 Å². The van der Waals surface area contributed by atoms with Crippen LogP contribution in [0.4, 0.5) is 11.4 Å². The number of carbonyl (C=O) groups excluding carboxylic acids is 2. The number of fused-ring (bicyclic) bond motifs is 2. The molecule has 516 valence electrons. The lowest BCUT2D eigenvalue weighted by molar-refractivity contribution is -0.114. The van der Waals surface area contributed by atoms with Gasteiger partial charge in [0.15, 0.2) is 0 Å². The molecule has 2 atom stereocenters. The van der Waals surface area contributed by atoms with Gasteiger partial charge in [-0.1, -0.05) is 335 Å². The number of hydrogen-bond donors (Lipinski definition) is 0. The predicted octanol–water partition coefficient (Wildman–Crippen LogP) is 29.4. The van der Waals surface area contributed by atoms with Gasteiger partial charge in [0.2, 0.25) is 0 Å².